The van der Waals surface area contributed by atoms with Gasteiger partial charge in [0, 0.05) is 11.9 Å². The topological polar surface area (TPSA) is 59.3 Å². The molecule has 1 N–H and O–H groups in total. The summed E-state index contributed by atoms with van der Waals surface area (Å²) < 4.78 is 1.64. The quantitative estimate of drug-likeness (QED) is 0.515. The van der Waals surface area contributed by atoms with E-state index in [2.05, 4.69) is 47.5 Å². The number of aldehydes is 1. The van der Waals surface area contributed by atoms with Gasteiger partial charge in [-0.2, -0.15) is 5.10 Å². The number of rotatable bonds is 5. The fourth-order valence-corrected chi connectivity index (χ4v) is 2.56. The number of allylic oxidation sites excluding steroid dienone is 2. The van der Waals surface area contributed by atoms with E-state index in [9.17, 15) is 4.79 Å². The molecular weight excluding hydrogens is 300 g/mol. The number of nitrogens with one attached hydrogen (secondary N) is 1. The minimum atomic E-state index is -0.137. The lowest BCUT2D eigenvalue weighted by atomic mass is 10.1. The summed E-state index contributed by atoms with van der Waals surface area (Å²) in [5.74, 6) is 0.679. The molecule has 2 aromatic rings. The summed E-state index contributed by atoms with van der Waals surface area (Å²) >= 11 is 0. The van der Waals surface area contributed by atoms with E-state index in [1.165, 1.54) is 11.1 Å². The molecular formula is C19H24N4O. The van der Waals surface area contributed by atoms with Gasteiger partial charge in [-0.05, 0) is 64.0 Å². The molecule has 0 aliphatic heterocycles. The van der Waals surface area contributed by atoms with Crippen molar-refractivity contribution in [1.82, 2.24) is 9.78 Å². The molecule has 24 heavy (non-hydrogen) atoms. The van der Waals surface area contributed by atoms with E-state index in [0.29, 0.717) is 17.1 Å². The minimum absolute atomic E-state index is 0.137. The van der Waals surface area contributed by atoms with Gasteiger partial charge in [0.25, 0.3) is 0 Å². The van der Waals surface area contributed by atoms with Crippen molar-refractivity contribution in [3.63, 3.8) is 0 Å². The van der Waals surface area contributed by atoms with E-state index in [-0.39, 0.29) is 6.17 Å². The number of anilines is 1. The molecule has 2 rings (SSSR count). The van der Waals surface area contributed by atoms with Crippen molar-refractivity contribution in [3.05, 3.63) is 58.9 Å². The molecule has 1 aromatic carbocycles. The van der Waals surface area contributed by atoms with Gasteiger partial charge in [-0.15, -0.1) is 0 Å². The number of carbonyl (C=O) groups excluding carboxylic acids is 1. The molecule has 0 bridgehead atoms. The first kappa shape index (κ1) is 17.7. The van der Waals surface area contributed by atoms with Crippen molar-refractivity contribution >= 4 is 17.8 Å². The summed E-state index contributed by atoms with van der Waals surface area (Å²) in [6.07, 6.45) is 6.15. The van der Waals surface area contributed by atoms with Crippen LogP contribution in [-0.2, 0) is 0 Å². The molecule has 0 saturated carbocycles. The Bertz CT molecular complexity index is 766. The third-order valence-corrected chi connectivity index (χ3v) is 3.54. The molecule has 0 fully saturated rings. The molecule has 5 nitrogen and oxygen atoms in total. The smallest absolute Gasteiger partial charge is 0.153 e. The maximum absolute atomic E-state index is 11.0. The number of aryl methyl sites for hydroxylation is 3. The second-order valence-electron chi connectivity index (χ2n) is 5.92. The summed E-state index contributed by atoms with van der Waals surface area (Å²) in [6.45, 7) is 9.87. The average Bonchev–Trinajstić information content (AvgIpc) is 2.86. The lowest BCUT2D eigenvalue weighted by Crippen LogP contribution is -2.19. The average molecular weight is 324 g/mol. The molecule has 1 unspecified atom stereocenters. The van der Waals surface area contributed by atoms with Crippen LogP contribution < -0.4 is 5.32 Å². The van der Waals surface area contributed by atoms with Crippen LogP contribution in [0.4, 0.5) is 5.69 Å². The monoisotopic (exact) mass is 324 g/mol. The highest BCUT2D eigenvalue weighted by molar-refractivity contribution is 5.95. The van der Waals surface area contributed by atoms with Crippen LogP contribution in [0.1, 0.15) is 41.0 Å². The minimum Gasteiger partial charge on any atom is -0.364 e. The predicted octanol–water partition coefficient (Wildman–Crippen LogP) is 3.90. The van der Waals surface area contributed by atoms with Gasteiger partial charge < -0.3 is 5.32 Å². The lowest BCUT2D eigenvalue weighted by Gasteiger charge is -2.14. The Hall–Kier alpha value is -2.69. The highest BCUT2D eigenvalue weighted by Crippen LogP contribution is 2.15. The van der Waals surface area contributed by atoms with Gasteiger partial charge in [0.15, 0.2) is 6.29 Å². The molecule has 0 amide bonds. The summed E-state index contributed by atoms with van der Waals surface area (Å²) in [4.78, 5) is 15.7. The zero-order valence-corrected chi connectivity index (χ0v) is 14.9. The molecule has 1 aromatic heterocycles. The van der Waals surface area contributed by atoms with E-state index in [1.807, 2.05) is 32.9 Å². The Morgan fingerprint density at radius 2 is 1.92 bits per heavy atom. The summed E-state index contributed by atoms with van der Waals surface area (Å²) in [5.41, 5.74) is 4.72. The Morgan fingerprint density at radius 1 is 1.25 bits per heavy atom. The summed E-state index contributed by atoms with van der Waals surface area (Å²) in [5, 5.41) is 7.75. The molecule has 0 aliphatic rings. The molecule has 0 spiro atoms. The van der Waals surface area contributed by atoms with Gasteiger partial charge in [0.2, 0.25) is 0 Å². The molecule has 0 aliphatic carbocycles. The second-order valence-corrected chi connectivity index (χ2v) is 5.92. The molecule has 0 radical (unpaired) electrons. The van der Waals surface area contributed by atoms with Crippen molar-refractivity contribution in [2.24, 2.45) is 4.99 Å². The Kier molecular flexibility index (Phi) is 5.68. The van der Waals surface area contributed by atoms with Crippen LogP contribution in [0.15, 0.2) is 41.5 Å². The molecule has 1 heterocycles. The van der Waals surface area contributed by atoms with Crippen molar-refractivity contribution in [2.75, 3.05) is 5.32 Å². The van der Waals surface area contributed by atoms with Crippen molar-refractivity contribution in [1.29, 1.82) is 0 Å². The van der Waals surface area contributed by atoms with Crippen LogP contribution in [0.5, 0.6) is 0 Å². The largest absolute Gasteiger partial charge is 0.364 e. The van der Waals surface area contributed by atoms with E-state index >= 15 is 0 Å². The van der Waals surface area contributed by atoms with Gasteiger partial charge in [-0.25, -0.2) is 9.67 Å². The third kappa shape index (κ3) is 4.41. The molecule has 0 saturated heterocycles. The normalized spacial score (nSPS) is 13.3. The van der Waals surface area contributed by atoms with E-state index in [1.54, 1.807) is 10.9 Å². The highest BCUT2D eigenvalue weighted by atomic mass is 16.1. The lowest BCUT2D eigenvalue weighted by molar-refractivity contribution is 0.112. The number of aliphatic imine (C=N–C) groups is 1. The first-order valence-electron chi connectivity index (χ1n) is 8.00. The number of benzene rings is 1. The van der Waals surface area contributed by atoms with Crippen LogP contribution in [0.3, 0.4) is 0 Å². The van der Waals surface area contributed by atoms with Crippen molar-refractivity contribution in [2.45, 2.75) is 40.8 Å². The first-order chi connectivity index (χ1) is 11.4. The Morgan fingerprint density at radius 3 is 2.46 bits per heavy atom. The molecule has 126 valence electrons. The number of hydrogen-bond acceptors (Lipinski definition) is 4. The summed E-state index contributed by atoms with van der Waals surface area (Å²) in [7, 11) is 0. The Balaban J connectivity index is 2.27. The summed E-state index contributed by atoms with van der Waals surface area (Å²) in [6, 6.07) is 6.33. The van der Waals surface area contributed by atoms with E-state index in [4.69, 9.17) is 0 Å². The maximum atomic E-state index is 11.0. The fraction of sp³-hybridized carbons (Fsp3) is 0.316. The van der Waals surface area contributed by atoms with Gasteiger partial charge in [-0.3, -0.25) is 4.79 Å². The molecule has 5 heteroatoms. The van der Waals surface area contributed by atoms with E-state index in [0.717, 1.165) is 12.0 Å². The van der Waals surface area contributed by atoms with Crippen LogP contribution in [0.25, 0.3) is 0 Å². The molecule has 1 atom stereocenters. The zero-order valence-electron chi connectivity index (χ0n) is 14.9. The standard InChI is InChI=1S/C19H24N4O/c1-6-7-19(23-11-17(12-24)15(4)22-23)21-16(5)20-18-9-13(2)8-14(3)10-18/h6-12,16,20H,1-5H3/b7-6-,21-19+. The number of aromatic nitrogens is 2. The van der Waals surface area contributed by atoms with Crippen LogP contribution in [0, 0.1) is 20.8 Å². The zero-order chi connectivity index (χ0) is 17.7. The van der Waals surface area contributed by atoms with Crippen LogP contribution >= 0.6 is 0 Å². The van der Waals surface area contributed by atoms with Gasteiger partial charge in [0.05, 0.1) is 11.3 Å². The van der Waals surface area contributed by atoms with Gasteiger partial charge in [-0.1, -0.05) is 12.1 Å². The highest BCUT2D eigenvalue weighted by Gasteiger charge is 2.09. The number of carbonyl (C=O) groups is 1. The van der Waals surface area contributed by atoms with E-state index < -0.39 is 0 Å². The van der Waals surface area contributed by atoms with Crippen molar-refractivity contribution < 1.29 is 4.79 Å². The van der Waals surface area contributed by atoms with Gasteiger partial charge >= 0.3 is 0 Å². The van der Waals surface area contributed by atoms with Gasteiger partial charge in [0.1, 0.15) is 12.0 Å². The first-order valence-corrected chi connectivity index (χ1v) is 8.00. The fourth-order valence-electron chi connectivity index (χ4n) is 2.56. The SMILES string of the molecule is C/C=C\C(=N/C(C)Nc1cc(C)cc(C)c1)n1cc(C=O)c(C)n1. The van der Waals surface area contributed by atoms with Crippen LogP contribution in [0.2, 0.25) is 0 Å². The number of hydrogen-bond donors (Lipinski definition) is 1. The third-order valence-electron chi connectivity index (χ3n) is 3.54. The van der Waals surface area contributed by atoms with Crippen molar-refractivity contribution in [3.8, 4) is 0 Å². The number of nitrogens with zero attached hydrogens (tertiary/aromatic N) is 3. The maximum Gasteiger partial charge on any atom is 0.153 e. The predicted molar refractivity (Wildman–Crippen MR) is 99.0 cm³/mol. The van der Waals surface area contributed by atoms with Crippen LogP contribution in [-0.4, -0.2) is 28.1 Å². The second kappa shape index (κ2) is 7.73. The Labute approximate surface area is 143 Å².